The van der Waals surface area contributed by atoms with E-state index in [1.165, 1.54) is 0 Å². The lowest BCUT2D eigenvalue weighted by Gasteiger charge is -2.58. The van der Waals surface area contributed by atoms with Crippen LogP contribution in [-0.2, 0) is 11.8 Å². The normalized spacial score (nSPS) is 23.7. The van der Waals surface area contributed by atoms with Crippen molar-refractivity contribution >= 4 is 5.91 Å². The minimum absolute atomic E-state index is 0.0428. The maximum Gasteiger partial charge on any atom is 0.272 e. The Kier molecular flexibility index (Phi) is 4.71. The average Bonchev–Trinajstić information content (AvgIpc) is 2.89. The van der Waals surface area contributed by atoms with Crippen LogP contribution in [0.2, 0.25) is 0 Å². The quantitative estimate of drug-likeness (QED) is 0.809. The lowest BCUT2D eigenvalue weighted by Crippen LogP contribution is -2.64. The Morgan fingerprint density at radius 3 is 2.62 bits per heavy atom. The third kappa shape index (κ3) is 2.48. The summed E-state index contributed by atoms with van der Waals surface area (Å²) in [6, 6.07) is 2.02. The Hall–Kier alpha value is -1.36. The first kappa shape index (κ1) is 16.0. The van der Waals surface area contributed by atoms with E-state index in [2.05, 4.69) is 18.9 Å². The summed E-state index contributed by atoms with van der Waals surface area (Å²) in [5.74, 6) is 0.0428. The second-order valence-electron chi connectivity index (χ2n) is 5.89. The Morgan fingerprint density at radius 2 is 2.14 bits per heavy atom. The molecule has 2 rings (SSSR count). The molecule has 0 unspecified atom stereocenters. The molecule has 0 aliphatic heterocycles. The number of hydrogen-bond acceptors (Lipinski definition) is 3. The van der Waals surface area contributed by atoms with Gasteiger partial charge in [0.25, 0.3) is 5.91 Å². The van der Waals surface area contributed by atoms with Crippen LogP contribution >= 0.6 is 0 Å². The molecule has 0 bridgehead atoms. The lowest BCUT2D eigenvalue weighted by atomic mass is 9.58. The molecule has 1 amide bonds. The summed E-state index contributed by atoms with van der Waals surface area (Å²) in [4.78, 5) is 14.6. The Bertz CT molecular complexity index is 493. The van der Waals surface area contributed by atoms with E-state index < -0.39 is 0 Å². The van der Waals surface area contributed by atoms with Gasteiger partial charge in [-0.3, -0.25) is 9.48 Å². The molecular formula is C16H27N3O2. The summed E-state index contributed by atoms with van der Waals surface area (Å²) < 4.78 is 7.53. The number of carbonyl (C=O) groups is 1. The molecule has 0 N–H and O–H groups in total. The molecule has 1 fully saturated rings. The highest BCUT2D eigenvalue weighted by atomic mass is 16.5. The molecule has 5 heteroatoms. The number of aromatic nitrogens is 2. The van der Waals surface area contributed by atoms with E-state index in [1.54, 1.807) is 24.0 Å². The summed E-state index contributed by atoms with van der Waals surface area (Å²) >= 11 is 0. The molecule has 0 saturated heterocycles. The minimum Gasteiger partial charge on any atom is -0.378 e. The number of ether oxygens (including phenoxy) is 1. The van der Waals surface area contributed by atoms with Gasteiger partial charge in [-0.2, -0.15) is 5.10 Å². The summed E-state index contributed by atoms with van der Waals surface area (Å²) in [7, 11) is 3.71. The molecular weight excluding hydrogens is 266 g/mol. The van der Waals surface area contributed by atoms with Crippen LogP contribution < -0.4 is 0 Å². The topological polar surface area (TPSA) is 47.4 Å². The minimum atomic E-state index is 0.0428. The molecule has 21 heavy (non-hydrogen) atoms. The molecule has 118 valence electrons. The van der Waals surface area contributed by atoms with Crippen LogP contribution in [0.4, 0.5) is 0 Å². The average molecular weight is 293 g/mol. The second kappa shape index (κ2) is 6.18. The van der Waals surface area contributed by atoms with Gasteiger partial charge in [0.05, 0.1) is 6.10 Å². The number of amides is 1. The van der Waals surface area contributed by atoms with Gasteiger partial charge in [0.15, 0.2) is 0 Å². The second-order valence-corrected chi connectivity index (χ2v) is 5.89. The molecule has 1 aliphatic carbocycles. The molecule has 2 atom stereocenters. The third-order valence-electron chi connectivity index (χ3n) is 5.25. The van der Waals surface area contributed by atoms with E-state index in [9.17, 15) is 4.79 Å². The number of aryl methyl sites for hydroxylation is 1. The van der Waals surface area contributed by atoms with E-state index in [1.807, 2.05) is 18.9 Å². The fourth-order valence-electron chi connectivity index (χ4n) is 3.79. The van der Waals surface area contributed by atoms with Crippen LogP contribution in [-0.4, -0.2) is 46.4 Å². The summed E-state index contributed by atoms with van der Waals surface area (Å²) in [6.45, 7) is 7.17. The first-order chi connectivity index (χ1) is 10.0. The first-order valence-electron chi connectivity index (χ1n) is 7.88. The fourth-order valence-corrected chi connectivity index (χ4v) is 3.79. The van der Waals surface area contributed by atoms with E-state index in [-0.39, 0.29) is 23.5 Å². The molecule has 1 aliphatic rings. The molecule has 1 saturated carbocycles. The zero-order chi connectivity index (χ0) is 15.6. The highest BCUT2D eigenvalue weighted by Crippen LogP contribution is 2.51. The summed E-state index contributed by atoms with van der Waals surface area (Å²) in [5.41, 5.74) is 0.720. The van der Waals surface area contributed by atoms with Gasteiger partial charge in [-0.1, -0.05) is 13.8 Å². The van der Waals surface area contributed by atoms with Gasteiger partial charge in [0, 0.05) is 38.4 Å². The smallest absolute Gasteiger partial charge is 0.272 e. The zero-order valence-electron chi connectivity index (χ0n) is 13.8. The summed E-state index contributed by atoms with van der Waals surface area (Å²) in [6.07, 6.45) is 4.92. The highest BCUT2D eigenvalue weighted by Gasteiger charge is 2.55. The molecule has 0 radical (unpaired) electrons. The zero-order valence-corrected chi connectivity index (χ0v) is 13.8. The monoisotopic (exact) mass is 293 g/mol. The van der Waals surface area contributed by atoms with Gasteiger partial charge in [0.2, 0.25) is 0 Å². The molecule has 0 aromatic carbocycles. The van der Waals surface area contributed by atoms with Crippen LogP contribution in [0.5, 0.6) is 0 Å². The van der Waals surface area contributed by atoms with Crippen LogP contribution in [0.15, 0.2) is 12.3 Å². The van der Waals surface area contributed by atoms with Crippen molar-refractivity contribution in [3.05, 3.63) is 18.0 Å². The van der Waals surface area contributed by atoms with Gasteiger partial charge < -0.3 is 9.64 Å². The predicted octanol–water partition coefficient (Wildman–Crippen LogP) is 2.48. The molecule has 1 aromatic heterocycles. The van der Waals surface area contributed by atoms with Crippen molar-refractivity contribution in [1.29, 1.82) is 0 Å². The van der Waals surface area contributed by atoms with Gasteiger partial charge in [0.1, 0.15) is 5.69 Å². The van der Waals surface area contributed by atoms with Crippen molar-refractivity contribution in [2.75, 3.05) is 13.7 Å². The SMILES string of the molecule is CCO[C@H]1C[C@@H](N(C)C(=O)c2ccnn2C)C1(CC)CC. The molecule has 1 heterocycles. The van der Waals surface area contributed by atoms with E-state index in [4.69, 9.17) is 4.74 Å². The van der Waals surface area contributed by atoms with Crippen molar-refractivity contribution in [3.8, 4) is 0 Å². The number of rotatable bonds is 6. The van der Waals surface area contributed by atoms with Crippen molar-refractivity contribution in [1.82, 2.24) is 14.7 Å². The number of nitrogens with zero attached hydrogens (tertiary/aromatic N) is 3. The standard InChI is InChI=1S/C16H27N3O2/c1-6-16(7-2)13(11-14(16)21-8-3)18(4)15(20)12-9-10-17-19(12)5/h9-10,13-14H,6-8,11H2,1-5H3/t13-,14+/m1/s1. The summed E-state index contributed by atoms with van der Waals surface area (Å²) in [5, 5.41) is 4.09. The van der Waals surface area contributed by atoms with Crippen molar-refractivity contribution < 1.29 is 9.53 Å². The first-order valence-corrected chi connectivity index (χ1v) is 7.88. The van der Waals surface area contributed by atoms with E-state index >= 15 is 0 Å². The lowest BCUT2D eigenvalue weighted by molar-refractivity contribution is -0.159. The van der Waals surface area contributed by atoms with Crippen molar-refractivity contribution in [3.63, 3.8) is 0 Å². The number of carbonyl (C=O) groups excluding carboxylic acids is 1. The van der Waals surface area contributed by atoms with Crippen molar-refractivity contribution in [2.24, 2.45) is 12.5 Å². The maximum atomic E-state index is 12.7. The van der Waals surface area contributed by atoms with Crippen molar-refractivity contribution in [2.45, 2.75) is 52.2 Å². The molecule has 0 spiro atoms. The highest BCUT2D eigenvalue weighted by molar-refractivity contribution is 5.92. The Balaban J connectivity index is 2.18. The third-order valence-corrected chi connectivity index (χ3v) is 5.25. The van der Waals surface area contributed by atoms with E-state index in [0.29, 0.717) is 5.69 Å². The number of hydrogen-bond donors (Lipinski definition) is 0. The van der Waals surface area contributed by atoms with Gasteiger partial charge in [-0.15, -0.1) is 0 Å². The molecule has 5 nitrogen and oxygen atoms in total. The predicted molar refractivity (Wildman–Crippen MR) is 82.1 cm³/mol. The van der Waals surface area contributed by atoms with Crippen LogP contribution in [0.1, 0.15) is 50.5 Å². The molecule has 1 aromatic rings. The Morgan fingerprint density at radius 1 is 1.48 bits per heavy atom. The van der Waals surface area contributed by atoms with Crippen LogP contribution in [0.3, 0.4) is 0 Å². The fraction of sp³-hybridized carbons (Fsp3) is 0.750. The van der Waals surface area contributed by atoms with Gasteiger partial charge in [-0.25, -0.2) is 0 Å². The van der Waals surface area contributed by atoms with Crippen LogP contribution in [0, 0.1) is 5.41 Å². The maximum absolute atomic E-state index is 12.7. The van der Waals surface area contributed by atoms with Crippen LogP contribution in [0.25, 0.3) is 0 Å². The largest absolute Gasteiger partial charge is 0.378 e. The van der Waals surface area contributed by atoms with Gasteiger partial charge >= 0.3 is 0 Å². The Labute approximate surface area is 127 Å². The van der Waals surface area contributed by atoms with Gasteiger partial charge in [-0.05, 0) is 32.3 Å². The van der Waals surface area contributed by atoms with E-state index in [0.717, 1.165) is 25.9 Å².